The van der Waals surface area contributed by atoms with Gasteiger partial charge in [0.1, 0.15) is 11.5 Å². The van der Waals surface area contributed by atoms with Crippen LogP contribution in [0.25, 0.3) is 0 Å². The topological polar surface area (TPSA) is 68.0 Å². The highest BCUT2D eigenvalue weighted by Gasteiger charge is 2.38. The number of methoxy groups -OCH3 is 2. The molecule has 6 heteroatoms. The lowest BCUT2D eigenvalue weighted by Crippen LogP contribution is -2.52. The molecule has 2 N–H and O–H groups in total. The van der Waals surface area contributed by atoms with E-state index in [0.29, 0.717) is 24.5 Å². The number of hydrogen-bond donors (Lipinski definition) is 1. The number of piperidine rings is 1. The van der Waals surface area contributed by atoms with Crippen LogP contribution < -0.4 is 15.2 Å². The largest absolute Gasteiger partial charge is 0.497 e. The van der Waals surface area contributed by atoms with E-state index in [2.05, 4.69) is 15.9 Å². The first-order chi connectivity index (χ1) is 15.1. The molecular weight excluding hydrogens is 390 g/mol. The Kier molecular flexibility index (Phi) is 9.02. The summed E-state index contributed by atoms with van der Waals surface area (Å²) in [6.07, 6.45) is 9.99. The third-order valence-electron chi connectivity index (χ3n) is 6.83. The lowest BCUT2D eigenvalue weighted by atomic mass is 9.78. The third-order valence-corrected chi connectivity index (χ3v) is 6.83. The van der Waals surface area contributed by atoms with Crippen LogP contribution in [0, 0.1) is 5.92 Å². The van der Waals surface area contributed by atoms with Gasteiger partial charge in [-0.15, -0.1) is 0 Å². The summed E-state index contributed by atoms with van der Waals surface area (Å²) in [6.45, 7) is 4.89. The highest BCUT2D eigenvalue weighted by molar-refractivity contribution is 5.79. The summed E-state index contributed by atoms with van der Waals surface area (Å²) < 4.78 is 10.9. The molecule has 0 spiro atoms. The van der Waals surface area contributed by atoms with Gasteiger partial charge in [0.25, 0.3) is 0 Å². The van der Waals surface area contributed by atoms with E-state index in [-0.39, 0.29) is 0 Å². The SMILES string of the molecule is CCN.COc1ccc(CN(CC(=O)N2CCCC3CCCCC32)C2CC2)c(OC)c1. The second-order valence-electron chi connectivity index (χ2n) is 9.06. The number of ether oxygens (including phenoxy) is 2. The van der Waals surface area contributed by atoms with Gasteiger partial charge in [-0.25, -0.2) is 0 Å². The summed E-state index contributed by atoms with van der Waals surface area (Å²) in [5, 5.41) is 0. The molecule has 6 nitrogen and oxygen atoms in total. The lowest BCUT2D eigenvalue weighted by molar-refractivity contribution is -0.139. The Balaban J connectivity index is 0.000000858. The Labute approximate surface area is 188 Å². The van der Waals surface area contributed by atoms with Crippen molar-refractivity contribution in [2.24, 2.45) is 11.7 Å². The highest BCUT2D eigenvalue weighted by atomic mass is 16.5. The summed E-state index contributed by atoms with van der Waals surface area (Å²) in [5.41, 5.74) is 5.97. The molecule has 31 heavy (non-hydrogen) atoms. The monoisotopic (exact) mass is 431 g/mol. The van der Waals surface area contributed by atoms with Crippen molar-refractivity contribution in [3.63, 3.8) is 0 Å². The van der Waals surface area contributed by atoms with Crippen molar-refractivity contribution in [1.29, 1.82) is 0 Å². The molecule has 1 saturated heterocycles. The van der Waals surface area contributed by atoms with Crippen molar-refractivity contribution < 1.29 is 14.3 Å². The zero-order valence-electron chi connectivity index (χ0n) is 19.6. The van der Waals surface area contributed by atoms with Gasteiger partial charge in [0, 0.05) is 36.8 Å². The number of benzene rings is 1. The van der Waals surface area contributed by atoms with Crippen LogP contribution in [0.1, 0.15) is 63.9 Å². The molecule has 3 fully saturated rings. The van der Waals surface area contributed by atoms with Crippen LogP contribution in [0.2, 0.25) is 0 Å². The molecule has 2 saturated carbocycles. The second-order valence-corrected chi connectivity index (χ2v) is 9.06. The average molecular weight is 432 g/mol. The zero-order chi connectivity index (χ0) is 22.2. The molecule has 1 aliphatic heterocycles. The van der Waals surface area contributed by atoms with Crippen molar-refractivity contribution in [2.45, 2.75) is 76.9 Å². The van der Waals surface area contributed by atoms with E-state index in [9.17, 15) is 4.79 Å². The van der Waals surface area contributed by atoms with E-state index in [1.54, 1.807) is 14.2 Å². The number of hydrogen-bond acceptors (Lipinski definition) is 5. The predicted molar refractivity (Wildman–Crippen MR) is 124 cm³/mol. The average Bonchev–Trinajstić information content (AvgIpc) is 3.64. The first-order valence-corrected chi connectivity index (χ1v) is 12.1. The number of rotatable bonds is 7. The molecule has 2 unspecified atom stereocenters. The number of likely N-dealkylation sites (tertiary alicyclic amines) is 1. The van der Waals surface area contributed by atoms with Crippen molar-refractivity contribution in [2.75, 3.05) is 33.9 Å². The molecule has 4 rings (SSSR count). The molecular formula is C25H41N3O3. The number of nitrogens with two attached hydrogens (primary N) is 1. The van der Waals surface area contributed by atoms with Gasteiger partial charge in [0.15, 0.2) is 0 Å². The first-order valence-electron chi connectivity index (χ1n) is 12.1. The summed E-state index contributed by atoms with van der Waals surface area (Å²) in [7, 11) is 3.36. The number of carbonyl (C=O) groups is 1. The lowest BCUT2D eigenvalue weighted by Gasteiger charge is -2.44. The summed E-state index contributed by atoms with van der Waals surface area (Å²) in [4.78, 5) is 17.9. The fraction of sp³-hybridized carbons (Fsp3) is 0.720. The Morgan fingerprint density at radius 2 is 1.81 bits per heavy atom. The molecule has 3 aliphatic rings. The van der Waals surface area contributed by atoms with Crippen molar-refractivity contribution in [1.82, 2.24) is 9.80 Å². The maximum atomic E-state index is 13.3. The van der Waals surface area contributed by atoms with E-state index in [4.69, 9.17) is 15.2 Å². The Morgan fingerprint density at radius 1 is 1.10 bits per heavy atom. The van der Waals surface area contributed by atoms with Crippen molar-refractivity contribution in [3.05, 3.63) is 23.8 Å². The van der Waals surface area contributed by atoms with Gasteiger partial charge in [-0.1, -0.05) is 25.8 Å². The van der Waals surface area contributed by atoms with E-state index in [1.165, 1.54) is 51.4 Å². The van der Waals surface area contributed by atoms with Crippen LogP contribution in [0.5, 0.6) is 11.5 Å². The molecule has 174 valence electrons. The maximum Gasteiger partial charge on any atom is 0.237 e. The quantitative estimate of drug-likeness (QED) is 0.711. The van der Waals surface area contributed by atoms with E-state index < -0.39 is 0 Å². The number of nitrogens with zero attached hydrogens (tertiary/aromatic N) is 2. The van der Waals surface area contributed by atoms with E-state index in [0.717, 1.165) is 42.6 Å². The molecule has 1 amide bonds. The number of amides is 1. The molecule has 0 aromatic heterocycles. The smallest absolute Gasteiger partial charge is 0.237 e. The van der Waals surface area contributed by atoms with Crippen LogP contribution in [-0.2, 0) is 11.3 Å². The van der Waals surface area contributed by atoms with Crippen LogP contribution >= 0.6 is 0 Å². The van der Waals surface area contributed by atoms with Gasteiger partial charge >= 0.3 is 0 Å². The summed E-state index contributed by atoms with van der Waals surface area (Å²) in [5.74, 6) is 2.70. The summed E-state index contributed by atoms with van der Waals surface area (Å²) in [6, 6.07) is 6.99. The Hall–Kier alpha value is -1.79. The van der Waals surface area contributed by atoms with Gasteiger partial charge in [0.2, 0.25) is 5.91 Å². The second kappa shape index (κ2) is 11.7. The van der Waals surface area contributed by atoms with Gasteiger partial charge in [-0.2, -0.15) is 0 Å². The van der Waals surface area contributed by atoms with Gasteiger partial charge < -0.3 is 20.1 Å². The molecule has 1 aromatic rings. The first kappa shape index (κ1) is 23.9. The number of fused-ring (bicyclic) bond motifs is 1. The normalized spacial score (nSPS) is 22.9. The van der Waals surface area contributed by atoms with Crippen molar-refractivity contribution in [3.8, 4) is 11.5 Å². The van der Waals surface area contributed by atoms with E-state index in [1.807, 2.05) is 19.1 Å². The van der Waals surface area contributed by atoms with E-state index >= 15 is 0 Å². The molecule has 0 bridgehead atoms. The minimum atomic E-state index is 0.330. The fourth-order valence-electron chi connectivity index (χ4n) is 5.15. The van der Waals surface area contributed by atoms with Crippen molar-refractivity contribution >= 4 is 5.91 Å². The molecule has 1 heterocycles. The minimum absolute atomic E-state index is 0.330. The minimum Gasteiger partial charge on any atom is -0.497 e. The predicted octanol–water partition coefficient (Wildman–Crippen LogP) is 3.81. The van der Waals surface area contributed by atoms with Gasteiger partial charge in [0.05, 0.1) is 20.8 Å². The van der Waals surface area contributed by atoms with Crippen LogP contribution in [-0.4, -0.2) is 61.6 Å². The Bertz CT molecular complexity index is 705. The molecule has 1 aromatic carbocycles. The fourth-order valence-corrected chi connectivity index (χ4v) is 5.15. The van der Waals surface area contributed by atoms with Crippen LogP contribution in [0.4, 0.5) is 0 Å². The molecule has 2 atom stereocenters. The van der Waals surface area contributed by atoms with Gasteiger partial charge in [-0.3, -0.25) is 9.69 Å². The molecule has 0 radical (unpaired) electrons. The molecule has 2 aliphatic carbocycles. The third kappa shape index (κ3) is 6.36. The van der Waals surface area contributed by atoms with Crippen LogP contribution in [0.3, 0.4) is 0 Å². The summed E-state index contributed by atoms with van der Waals surface area (Å²) >= 11 is 0. The standard InChI is InChI=1S/C23H34N2O3.C2H7N/c1-27-20-12-9-18(22(14-20)28-2)15-24(19-10-11-19)16-23(26)25-13-5-7-17-6-3-4-8-21(17)25;1-2-3/h9,12,14,17,19,21H,3-8,10-11,13,15-16H2,1-2H3;2-3H2,1H3. The maximum absolute atomic E-state index is 13.3. The Morgan fingerprint density at radius 3 is 2.48 bits per heavy atom. The van der Waals surface area contributed by atoms with Crippen LogP contribution in [0.15, 0.2) is 18.2 Å². The van der Waals surface area contributed by atoms with Gasteiger partial charge in [-0.05, 0) is 57.1 Å². The highest BCUT2D eigenvalue weighted by Crippen LogP contribution is 2.36. The number of carbonyl (C=O) groups excluding carboxylic acids is 1. The zero-order valence-corrected chi connectivity index (χ0v) is 19.6.